The van der Waals surface area contributed by atoms with Crippen LogP contribution >= 0.6 is 11.6 Å². The van der Waals surface area contributed by atoms with Gasteiger partial charge in [0.25, 0.3) is 0 Å². The van der Waals surface area contributed by atoms with Crippen molar-refractivity contribution in [2.45, 2.75) is 39.3 Å². The molecule has 140 valence electrons. The maximum atomic E-state index is 12.7. The van der Waals surface area contributed by atoms with Gasteiger partial charge in [0.1, 0.15) is 6.04 Å². The fourth-order valence-corrected chi connectivity index (χ4v) is 3.63. The lowest BCUT2D eigenvalue weighted by Gasteiger charge is -2.29. The number of hydrogen-bond donors (Lipinski definition) is 2. The first kappa shape index (κ1) is 18.6. The summed E-state index contributed by atoms with van der Waals surface area (Å²) in [4.78, 5) is 29.7. The number of nitrogens with one attached hydrogen (secondary N) is 2. The van der Waals surface area contributed by atoms with Crippen LogP contribution in [0.2, 0.25) is 5.02 Å². The van der Waals surface area contributed by atoms with Crippen molar-refractivity contribution in [2.75, 3.05) is 13.7 Å². The van der Waals surface area contributed by atoms with Crippen LogP contribution in [-0.2, 0) is 22.5 Å². The van der Waals surface area contributed by atoms with E-state index < -0.39 is 12.0 Å². The molecule has 1 aliphatic rings. The number of ether oxygens (including phenoxy) is 1. The van der Waals surface area contributed by atoms with Gasteiger partial charge in [-0.05, 0) is 42.5 Å². The number of benzene rings is 1. The van der Waals surface area contributed by atoms with E-state index in [0.717, 1.165) is 23.0 Å². The zero-order valence-electron chi connectivity index (χ0n) is 15.3. The predicted octanol–water partition coefficient (Wildman–Crippen LogP) is 3.48. The van der Waals surface area contributed by atoms with E-state index in [-0.39, 0.29) is 11.9 Å². The molecule has 0 radical (unpaired) electrons. The number of urea groups is 1. The molecule has 0 bridgehead atoms. The Morgan fingerprint density at radius 1 is 1.38 bits per heavy atom. The summed E-state index contributed by atoms with van der Waals surface area (Å²) in [6, 6.07) is 4.89. The molecule has 1 aromatic heterocycles. The van der Waals surface area contributed by atoms with Gasteiger partial charge in [0.2, 0.25) is 0 Å². The Balaban J connectivity index is 1.74. The first-order chi connectivity index (χ1) is 12.4. The second-order valence-electron chi connectivity index (χ2n) is 7.10. The molecule has 0 fully saturated rings. The minimum absolute atomic E-state index is 0.247. The molecule has 26 heavy (non-hydrogen) atoms. The molecule has 2 amide bonds. The molecule has 6 nitrogen and oxygen atoms in total. The zero-order valence-corrected chi connectivity index (χ0v) is 16.0. The van der Waals surface area contributed by atoms with Crippen LogP contribution in [0.3, 0.4) is 0 Å². The van der Waals surface area contributed by atoms with Crippen molar-refractivity contribution < 1.29 is 14.3 Å². The van der Waals surface area contributed by atoms with Gasteiger partial charge in [-0.3, -0.25) is 0 Å². The molecule has 1 atom stereocenters. The molecule has 2 N–H and O–H groups in total. The average molecular weight is 378 g/mol. The summed E-state index contributed by atoms with van der Waals surface area (Å²) in [6.07, 6.45) is 1.29. The molecule has 0 saturated heterocycles. The van der Waals surface area contributed by atoms with Gasteiger partial charge in [-0.25, -0.2) is 9.59 Å². The Kier molecular flexibility index (Phi) is 5.41. The quantitative estimate of drug-likeness (QED) is 0.801. The second-order valence-corrected chi connectivity index (χ2v) is 7.53. The lowest BCUT2D eigenvalue weighted by Crippen LogP contribution is -2.50. The van der Waals surface area contributed by atoms with Crippen molar-refractivity contribution in [3.8, 4) is 0 Å². The molecule has 3 rings (SSSR count). The van der Waals surface area contributed by atoms with Gasteiger partial charge < -0.3 is 19.9 Å². The fourth-order valence-electron chi connectivity index (χ4n) is 3.45. The van der Waals surface area contributed by atoms with E-state index in [1.54, 1.807) is 4.90 Å². The van der Waals surface area contributed by atoms with E-state index in [2.05, 4.69) is 10.3 Å². The number of aromatic nitrogens is 1. The standard InChI is InChI=1S/C19H24ClN3O3/c1-11(2)8-16(18(24)26-3)22-19(25)23-7-6-13-14-9-12(20)4-5-15(14)21-17(13)10-23/h4-5,9,11,16,21H,6-8,10H2,1-3H3,(H,22,25). The molecular formula is C19H24ClN3O3. The highest BCUT2D eigenvalue weighted by molar-refractivity contribution is 6.31. The third-order valence-corrected chi connectivity index (χ3v) is 4.95. The van der Waals surface area contributed by atoms with Crippen molar-refractivity contribution >= 4 is 34.5 Å². The molecular weight excluding hydrogens is 354 g/mol. The number of carbonyl (C=O) groups excluding carboxylic acids is 2. The predicted molar refractivity (Wildman–Crippen MR) is 101 cm³/mol. The van der Waals surface area contributed by atoms with E-state index in [1.807, 2.05) is 32.0 Å². The molecule has 1 aliphatic heterocycles. The number of hydrogen-bond acceptors (Lipinski definition) is 3. The van der Waals surface area contributed by atoms with Gasteiger partial charge in [0.05, 0.1) is 13.7 Å². The number of esters is 1. The normalized spacial score (nSPS) is 15.0. The number of rotatable bonds is 4. The number of H-pyrrole nitrogens is 1. The Labute approximate surface area is 157 Å². The summed E-state index contributed by atoms with van der Waals surface area (Å²) in [6.45, 7) is 5.08. The number of carbonyl (C=O) groups is 2. The Morgan fingerprint density at radius 3 is 2.85 bits per heavy atom. The monoisotopic (exact) mass is 377 g/mol. The number of methoxy groups -OCH3 is 1. The number of nitrogens with zero attached hydrogens (tertiary/aromatic N) is 1. The van der Waals surface area contributed by atoms with E-state index in [4.69, 9.17) is 16.3 Å². The largest absolute Gasteiger partial charge is 0.467 e. The second kappa shape index (κ2) is 7.58. The van der Waals surface area contributed by atoms with Crippen molar-refractivity contribution in [1.82, 2.24) is 15.2 Å². The van der Waals surface area contributed by atoms with Crippen LogP contribution in [0.1, 0.15) is 31.5 Å². The van der Waals surface area contributed by atoms with Crippen LogP contribution in [-0.4, -0.2) is 41.6 Å². The molecule has 1 unspecified atom stereocenters. The molecule has 0 spiro atoms. The van der Waals surface area contributed by atoms with Crippen molar-refractivity contribution in [1.29, 1.82) is 0 Å². The topological polar surface area (TPSA) is 74.4 Å². The number of aromatic amines is 1. The SMILES string of the molecule is COC(=O)C(CC(C)C)NC(=O)N1CCc2c([nH]c3ccc(Cl)cc23)C1. The van der Waals surface area contributed by atoms with Gasteiger partial charge in [0.15, 0.2) is 0 Å². The first-order valence-electron chi connectivity index (χ1n) is 8.81. The summed E-state index contributed by atoms with van der Waals surface area (Å²) in [5.74, 6) is -0.143. The van der Waals surface area contributed by atoms with E-state index in [1.165, 1.54) is 12.7 Å². The summed E-state index contributed by atoms with van der Waals surface area (Å²) in [7, 11) is 1.34. The van der Waals surface area contributed by atoms with Gasteiger partial charge >= 0.3 is 12.0 Å². The van der Waals surface area contributed by atoms with Crippen LogP contribution in [0, 0.1) is 5.92 Å². The highest BCUT2D eigenvalue weighted by atomic mass is 35.5. The minimum Gasteiger partial charge on any atom is -0.467 e. The summed E-state index contributed by atoms with van der Waals surface area (Å²) < 4.78 is 4.82. The van der Waals surface area contributed by atoms with Crippen molar-refractivity contribution in [3.63, 3.8) is 0 Å². The van der Waals surface area contributed by atoms with Gasteiger partial charge in [-0.15, -0.1) is 0 Å². The lowest BCUT2D eigenvalue weighted by atomic mass is 10.0. The molecule has 1 aromatic carbocycles. The van der Waals surface area contributed by atoms with Crippen LogP contribution in [0.4, 0.5) is 4.79 Å². The maximum absolute atomic E-state index is 12.7. The lowest BCUT2D eigenvalue weighted by molar-refractivity contribution is -0.143. The summed E-state index contributed by atoms with van der Waals surface area (Å²) in [5, 5.41) is 4.63. The van der Waals surface area contributed by atoms with Crippen LogP contribution < -0.4 is 5.32 Å². The summed E-state index contributed by atoms with van der Waals surface area (Å²) >= 11 is 6.11. The van der Waals surface area contributed by atoms with E-state index in [0.29, 0.717) is 24.5 Å². The number of halogens is 1. The van der Waals surface area contributed by atoms with Gasteiger partial charge in [-0.2, -0.15) is 0 Å². The van der Waals surface area contributed by atoms with Crippen LogP contribution in [0.25, 0.3) is 10.9 Å². The Morgan fingerprint density at radius 2 is 2.15 bits per heavy atom. The average Bonchev–Trinajstić information content (AvgIpc) is 2.96. The maximum Gasteiger partial charge on any atom is 0.328 e. The van der Waals surface area contributed by atoms with Gasteiger partial charge in [-0.1, -0.05) is 25.4 Å². The highest BCUT2D eigenvalue weighted by Gasteiger charge is 2.28. The molecule has 0 saturated carbocycles. The van der Waals surface area contributed by atoms with Crippen LogP contribution in [0.5, 0.6) is 0 Å². The van der Waals surface area contributed by atoms with Crippen LogP contribution in [0.15, 0.2) is 18.2 Å². The molecule has 0 aliphatic carbocycles. The van der Waals surface area contributed by atoms with E-state index in [9.17, 15) is 9.59 Å². The highest BCUT2D eigenvalue weighted by Crippen LogP contribution is 2.29. The molecule has 7 heteroatoms. The first-order valence-corrected chi connectivity index (χ1v) is 9.19. The number of amides is 2. The third-order valence-electron chi connectivity index (χ3n) is 4.71. The van der Waals surface area contributed by atoms with Crippen molar-refractivity contribution in [2.24, 2.45) is 5.92 Å². The Bertz CT molecular complexity index is 831. The molecule has 2 heterocycles. The molecule has 2 aromatic rings. The van der Waals surface area contributed by atoms with Crippen molar-refractivity contribution in [3.05, 3.63) is 34.5 Å². The minimum atomic E-state index is -0.629. The smallest absolute Gasteiger partial charge is 0.328 e. The fraction of sp³-hybridized carbons (Fsp3) is 0.474. The Hall–Kier alpha value is -2.21. The summed E-state index contributed by atoms with van der Waals surface area (Å²) in [5.41, 5.74) is 3.24. The van der Waals surface area contributed by atoms with E-state index >= 15 is 0 Å². The van der Waals surface area contributed by atoms with Gasteiger partial charge in [0, 0.05) is 28.2 Å². The zero-order chi connectivity index (χ0) is 18.8. The number of fused-ring (bicyclic) bond motifs is 3. The third kappa shape index (κ3) is 3.80.